The lowest BCUT2D eigenvalue weighted by Crippen LogP contribution is -2.51. The van der Waals surface area contributed by atoms with E-state index in [0.717, 1.165) is 38.5 Å². The highest BCUT2D eigenvalue weighted by Gasteiger charge is 2.62. The number of carbonyl (C=O) groups excluding carboxylic acids is 1. The molecule has 5 aliphatic carbocycles. The van der Waals surface area contributed by atoms with Crippen molar-refractivity contribution in [1.82, 2.24) is 0 Å². The highest BCUT2D eigenvalue weighted by Crippen LogP contribution is 2.66. The van der Waals surface area contributed by atoms with Crippen LogP contribution in [0.3, 0.4) is 0 Å². The Hall–Kier alpha value is -2.11. The molecule has 1 N–H and O–H groups in total. The number of hydrogen-bond donors (Lipinski definition) is 1. The maximum absolute atomic E-state index is 12.3. The molecule has 5 atom stereocenters. The molecule has 2 heteroatoms. The summed E-state index contributed by atoms with van der Waals surface area (Å²) < 4.78 is 0. The molecule has 0 saturated heterocycles. The van der Waals surface area contributed by atoms with Gasteiger partial charge in [-0.1, -0.05) is 61.9 Å². The minimum Gasteiger partial charge on any atom is -0.377 e. The Morgan fingerprint density at radius 1 is 0.943 bits per heavy atom. The van der Waals surface area contributed by atoms with Crippen molar-refractivity contribution in [3.63, 3.8) is 0 Å². The fourth-order valence-electron chi connectivity index (χ4n) is 8.81. The molecule has 0 unspecified atom stereocenters. The quantitative estimate of drug-likeness (QED) is 0.460. The van der Waals surface area contributed by atoms with Gasteiger partial charge in [0, 0.05) is 17.8 Å². The molecule has 3 saturated carbocycles. The van der Waals surface area contributed by atoms with E-state index >= 15 is 0 Å². The summed E-state index contributed by atoms with van der Waals surface area (Å²) in [7, 11) is 0. The van der Waals surface area contributed by atoms with E-state index in [4.69, 9.17) is 0 Å². The van der Waals surface area contributed by atoms with E-state index in [1.54, 1.807) is 5.57 Å². The van der Waals surface area contributed by atoms with Gasteiger partial charge in [-0.3, -0.25) is 4.79 Å². The lowest BCUT2D eigenvalue weighted by Gasteiger charge is -2.53. The van der Waals surface area contributed by atoms with Gasteiger partial charge in [0.05, 0.1) is 0 Å². The van der Waals surface area contributed by atoms with Crippen molar-refractivity contribution in [3.8, 4) is 11.8 Å². The third-order valence-electron chi connectivity index (χ3n) is 10.6. The second-order valence-electron chi connectivity index (χ2n) is 12.3. The lowest BCUT2D eigenvalue weighted by molar-refractivity contribution is -0.114. The highest BCUT2D eigenvalue weighted by atomic mass is 16.3. The van der Waals surface area contributed by atoms with Crippen LogP contribution in [0.1, 0.15) is 114 Å². The van der Waals surface area contributed by atoms with Gasteiger partial charge >= 0.3 is 0 Å². The molecule has 2 nitrogen and oxygen atoms in total. The van der Waals surface area contributed by atoms with Crippen LogP contribution < -0.4 is 0 Å². The molecule has 35 heavy (non-hydrogen) atoms. The summed E-state index contributed by atoms with van der Waals surface area (Å²) in [6.45, 7) is 4.19. The first-order chi connectivity index (χ1) is 16.9. The molecule has 1 aromatic carbocycles. The van der Waals surface area contributed by atoms with Gasteiger partial charge in [0.25, 0.3) is 0 Å². The predicted molar refractivity (Wildman–Crippen MR) is 141 cm³/mol. The van der Waals surface area contributed by atoms with Crippen molar-refractivity contribution in [2.45, 2.75) is 108 Å². The average molecular weight is 469 g/mol. The van der Waals surface area contributed by atoms with Crippen molar-refractivity contribution in [1.29, 1.82) is 0 Å². The standard InChI is InChI=1S/C33H40O2/c1-3-18-33(35)19-17-30-28-15-13-25-20-26(34)14-16-27(25)31(28)29(21-32(30,33)2)24-11-9-23(10-12-24)22-7-5-4-6-8-22/h9-12,20,22,28-30,35H,4-8,13-17,19,21H2,1-2H3/t28-,29+,30-,32-,33-/m0/s1. The van der Waals surface area contributed by atoms with E-state index in [1.807, 2.05) is 13.0 Å². The maximum atomic E-state index is 12.3. The van der Waals surface area contributed by atoms with Crippen molar-refractivity contribution >= 4 is 5.78 Å². The van der Waals surface area contributed by atoms with Crippen molar-refractivity contribution < 1.29 is 9.90 Å². The van der Waals surface area contributed by atoms with Gasteiger partial charge in [-0.15, -0.1) is 5.92 Å². The topological polar surface area (TPSA) is 37.3 Å². The summed E-state index contributed by atoms with van der Waals surface area (Å²) in [6.07, 6.45) is 15.1. The van der Waals surface area contributed by atoms with E-state index in [2.05, 4.69) is 43.0 Å². The minimum atomic E-state index is -0.901. The first-order valence-corrected chi connectivity index (χ1v) is 14.2. The molecule has 0 radical (unpaired) electrons. The first-order valence-electron chi connectivity index (χ1n) is 14.2. The van der Waals surface area contributed by atoms with E-state index in [0.29, 0.717) is 35.9 Å². The van der Waals surface area contributed by atoms with Crippen LogP contribution >= 0.6 is 0 Å². The Morgan fingerprint density at radius 3 is 2.43 bits per heavy atom. The molecule has 0 heterocycles. The largest absolute Gasteiger partial charge is 0.377 e. The van der Waals surface area contributed by atoms with Crippen molar-refractivity contribution in [2.24, 2.45) is 17.3 Å². The fraction of sp³-hybridized carbons (Fsp3) is 0.606. The molecule has 0 bridgehead atoms. The smallest absolute Gasteiger partial charge is 0.156 e. The molecular weight excluding hydrogens is 428 g/mol. The van der Waals surface area contributed by atoms with Gasteiger partial charge < -0.3 is 5.11 Å². The zero-order chi connectivity index (χ0) is 24.2. The zero-order valence-corrected chi connectivity index (χ0v) is 21.5. The van der Waals surface area contributed by atoms with Gasteiger partial charge in [-0.2, -0.15) is 0 Å². The van der Waals surface area contributed by atoms with E-state index < -0.39 is 5.60 Å². The second kappa shape index (κ2) is 8.77. The normalized spacial score (nSPS) is 37.1. The zero-order valence-electron chi connectivity index (χ0n) is 21.5. The van der Waals surface area contributed by atoms with Crippen LogP contribution in [0.4, 0.5) is 0 Å². The Kier molecular flexibility index (Phi) is 5.84. The molecule has 1 aromatic rings. The number of fused-ring (bicyclic) bond motifs is 4. The van der Waals surface area contributed by atoms with Crippen LogP contribution in [0.15, 0.2) is 47.1 Å². The van der Waals surface area contributed by atoms with E-state index in [1.165, 1.54) is 54.4 Å². The Morgan fingerprint density at radius 2 is 1.69 bits per heavy atom. The molecule has 184 valence electrons. The Labute approximate surface area is 211 Å². The minimum absolute atomic E-state index is 0.205. The molecule has 3 fully saturated rings. The van der Waals surface area contributed by atoms with E-state index in [-0.39, 0.29) is 5.41 Å². The maximum Gasteiger partial charge on any atom is 0.156 e. The number of carbonyl (C=O) groups is 1. The van der Waals surface area contributed by atoms with Crippen LogP contribution in [0, 0.1) is 29.1 Å². The first kappa shape index (κ1) is 23.3. The average Bonchev–Trinajstić information content (AvgIpc) is 3.14. The van der Waals surface area contributed by atoms with Gasteiger partial charge in [0.15, 0.2) is 5.78 Å². The summed E-state index contributed by atoms with van der Waals surface area (Å²) in [6, 6.07) is 9.59. The molecule has 0 aromatic heterocycles. The number of ketones is 1. The Bertz CT molecular complexity index is 1140. The number of aliphatic hydroxyl groups is 1. The van der Waals surface area contributed by atoms with Crippen LogP contribution in [-0.4, -0.2) is 16.5 Å². The molecule has 5 aliphatic rings. The van der Waals surface area contributed by atoms with Gasteiger partial charge in [-0.05, 0) is 104 Å². The molecular formula is C33H40O2. The number of benzene rings is 1. The summed E-state index contributed by atoms with van der Waals surface area (Å²) in [5.74, 6) is 8.62. The van der Waals surface area contributed by atoms with Crippen LogP contribution in [0.5, 0.6) is 0 Å². The predicted octanol–water partition coefficient (Wildman–Crippen LogP) is 7.39. The number of rotatable bonds is 2. The summed E-state index contributed by atoms with van der Waals surface area (Å²) in [5, 5.41) is 11.8. The van der Waals surface area contributed by atoms with Crippen molar-refractivity contribution in [2.75, 3.05) is 0 Å². The van der Waals surface area contributed by atoms with Crippen LogP contribution in [-0.2, 0) is 4.79 Å². The van der Waals surface area contributed by atoms with Crippen molar-refractivity contribution in [3.05, 3.63) is 58.2 Å². The van der Waals surface area contributed by atoms with Gasteiger partial charge in [-0.25, -0.2) is 0 Å². The lowest BCUT2D eigenvalue weighted by atomic mass is 9.51. The Balaban J connectivity index is 1.44. The second-order valence-corrected chi connectivity index (χ2v) is 12.3. The summed E-state index contributed by atoms with van der Waals surface area (Å²) >= 11 is 0. The van der Waals surface area contributed by atoms with Gasteiger partial charge in [0.1, 0.15) is 5.60 Å². The SMILES string of the molecule is CC#C[C@]1(O)CC[C@H]2[C@@H]3CCC4=CC(=O)CCC4=C3[C@@H](c3ccc(C4CCCCC4)cc3)C[C@@]21C. The fourth-order valence-corrected chi connectivity index (χ4v) is 8.81. The molecule has 0 spiro atoms. The van der Waals surface area contributed by atoms with Crippen LogP contribution in [0.2, 0.25) is 0 Å². The molecule has 0 aliphatic heterocycles. The monoisotopic (exact) mass is 468 g/mol. The number of hydrogen-bond acceptors (Lipinski definition) is 2. The molecule has 0 amide bonds. The van der Waals surface area contributed by atoms with Gasteiger partial charge in [0.2, 0.25) is 0 Å². The number of allylic oxidation sites excluding steroid dienone is 4. The third-order valence-corrected chi connectivity index (χ3v) is 10.6. The summed E-state index contributed by atoms with van der Waals surface area (Å²) in [4.78, 5) is 12.3. The third kappa shape index (κ3) is 3.69. The molecule has 6 rings (SSSR count). The van der Waals surface area contributed by atoms with Crippen LogP contribution in [0.25, 0.3) is 0 Å². The highest BCUT2D eigenvalue weighted by molar-refractivity contribution is 5.93. The summed E-state index contributed by atoms with van der Waals surface area (Å²) in [5.41, 5.74) is 6.20. The van der Waals surface area contributed by atoms with E-state index in [9.17, 15) is 9.90 Å².